The number of benzene rings is 2. The topological polar surface area (TPSA) is 72.7 Å². The van der Waals surface area contributed by atoms with Gasteiger partial charge in [-0.1, -0.05) is 39.0 Å². The Kier molecular flexibility index (Phi) is 6.19. The van der Waals surface area contributed by atoms with E-state index in [1.54, 1.807) is 27.9 Å². The molecule has 35 heavy (non-hydrogen) atoms. The quantitative estimate of drug-likeness (QED) is 0.388. The van der Waals surface area contributed by atoms with Crippen LogP contribution in [0.25, 0.3) is 4.96 Å². The molecule has 1 N–H and O–H groups in total. The molecule has 7 heteroatoms. The van der Waals surface area contributed by atoms with Gasteiger partial charge >= 0.3 is 0 Å². The molecular weight excluding hydrogens is 458 g/mol. The van der Waals surface area contributed by atoms with Crippen LogP contribution in [0.2, 0.25) is 0 Å². The standard InChI is InChI=1S/C28H29N3O3S/c1-28(2,3)19-13-11-18(12-14-19)26(33)29-20-7-6-8-22(15-20)34-17-21-16-25(32)31-23-9-4-5-10-24(23)35-27(31)30-21/h6-8,11-16H,4-5,9-10,17H2,1-3H3,(H,29,33). The smallest absolute Gasteiger partial charge is 0.259 e. The van der Waals surface area contributed by atoms with Crippen LogP contribution in [0.1, 0.15) is 65.8 Å². The Morgan fingerprint density at radius 3 is 2.63 bits per heavy atom. The van der Waals surface area contributed by atoms with Crippen molar-refractivity contribution < 1.29 is 9.53 Å². The molecule has 2 heterocycles. The number of fused-ring (bicyclic) bond motifs is 3. The molecule has 0 atom stereocenters. The zero-order valence-electron chi connectivity index (χ0n) is 20.3. The number of rotatable bonds is 5. The van der Waals surface area contributed by atoms with E-state index in [0.29, 0.717) is 22.7 Å². The number of thiazole rings is 1. The Hall–Kier alpha value is -3.45. The first-order chi connectivity index (χ1) is 16.8. The third-order valence-electron chi connectivity index (χ3n) is 6.31. The third-order valence-corrected chi connectivity index (χ3v) is 7.45. The highest BCUT2D eigenvalue weighted by Crippen LogP contribution is 2.28. The second-order valence-corrected chi connectivity index (χ2v) is 11.0. The summed E-state index contributed by atoms with van der Waals surface area (Å²) in [6, 6.07) is 16.5. The summed E-state index contributed by atoms with van der Waals surface area (Å²) >= 11 is 1.61. The number of nitrogens with zero attached hydrogens (tertiary/aromatic N) is 2. The molecule has 0 aliphatic heterocycles. The number of carbonyl (C=O) groups excluding carboxylic acids is 1. The van der Waals surface area contributed by atoms with E-state index in [-0.39, 0.29) is 23.5 Å². The summed E-state index contributed by atoms with van der Waals surface area (Å²) in [7, 11) is 0. The summed E-state index contributed by atoms with van der Waals surface area (Å²) < 4.78 is 7.68. The zero-order valence-corrected chi connectivity index (χ0v) is 21.1. The van der Waals surface area contributed by atoms with Crippen LogP contribution in [0.5, 0.6) is 5.75 Å². The second kappa shape index (κ2) is 9.30. The Bertz CT molecular complexity index is 1450. The van der Waals surface area contributed by atoms with Gasteiger partial charge in [0.05, 0.1) is 5.69 Å². The van der Waals surface area contributed by atoms with Gasteiger partial charge in [0.2, 0.25) is 0 Å². The van der Waals surface area contributed by atoms with Gasteiger partial charge in [0, 0.05) is 34.0 Å². The van der Waals surface area contributed by atoms with Gasteiger partial charge in [-0.15, -0.1) is 11.3 Å². The lowest BCUT2D eigenvalue weighted by Crippen LogP contribution is -2.18. The molecule has 6 nitrogen and oxygen atoms in total. The van der Waals surface area contributed by atoms with Crippen molar-refractivity contribution >= 4 is 27.9 Å². The third kappa shape index (κ3) is 5.00. The number of carbonyl (C=O) groups is 1. The van der Waals surface area contributed by atoms with Gasteiger partial charge < -0.3 is 10.1 Å². The van der Waals surface area contributed by atoms with Crippen molar-refractivity contribution in [2.24, 2.45) is 0 Å². The number of hydrogen-bond acceptors (Lipinski definition) is 5. The van der Waals surface area contributed by atoms with Gasteiger partial charge in [-0.25, -0.2) is 4.98 Å². The summed E-state index contributed by atoms with van der Waals surface area (Å²) in [6.07, 6.45) is 4.24. The molecule has 5 rings (SSSR count). The molecule has 0 saturated heterocycles. The maximum atomic E-state index is 12.8. The van der Waals surface area contributed by atoms with Gasteiger partial charge in [-0.2, -0.15) is 0 Å². The van der Waals surface area contributed by atoms with Gasteiger partial charge in [-0.05, 0) is 60.9 Å². The molecule has 2 aromatic heterocycles. The minimum Gasteiger partial charge on any atom is -0.487 e. The predicted molar refractivity (Wildman–Crippen MR) is 140 cm³/mol. The minimum absolute atomic E-state index is 0.0362. The van der Waals surface area contributed by atoms with Crippen LogP contribution in [0.15, 0.2) is 59.4 Å². The molecule has 0 bridgehead atoms. The average Bonchev–Trinajstić information content (AvgIpc) is 3.21. The second-order valence-electron chi connectivity index (χ2n) is 9.98. The Morgan fingerprint density at radius 1 is 1.09 bits per heavy atom. The monoisotopic (exact) mass is 487 g/mol. The molecule has 0 radical (unpaired) electrons. The van der Waals surface area contributed by atoms with Crippen LogP contribution in [0, 0.1) is 0 Å². The lowest BCUT2D eigenvalue weighted by atomic mass is 9.87. The normalized spacial score (nSPS) is 13.5. The van der Waals surface area contributed by atoms with E-state index >= 15 is 0 Å². The van der Waals surface area contributed by atoms with Crippen molar-refractivity contribution in [2.75, 3.05) is 5.32 Å². The van der Waals surface area contributed by atoms with Crippen molar-refractivity contribution in [3.8, 4) is 5.75 Å². The number of aryl methyl sites for hydroxylation is 2. The first kappa shape index (κ1) is 23.3. The Balaban J connectivity index is 1.27. The predicted octanol–water partition coefficient (Wildman–Crippen LogP) is 5.76. The molecule has 0 fully saturated rings. The molecule has 4 aromatic rings. The van der Waals surface area contributed by atoms with Crippen molar-refractivity contribution in [3.05, 3.63) is 92.3 Å². The van der Waals surface area contributed by atoms with Crippen molar-refractivity contribution in [2.45, 2.75) is 58.5 Å². The van der Waals surface area contributed by atoms with E-state index in [0.717, 1.165) is 29.9 Å². The van der Waals surface area contributed by atoms with Gasteiger partial charge in [0.15, 0.2) is 4.96 Å². The van der Waals surface area contributed by atoms with Crippen LogP contribution >= 0.6 is 11.3 Å². The van der Waals surface area contributed by atoms with E-state index < -0.39 is 0 Å². The fourth-order valence-electron chi connectivity index (χ4n) is 4.36. The van der Waals surface area contributed by atoms with Crippen molar-refractivity contribution in [1.29, 1.82) is 0 Å². The molecule has 1 aliphatic rings. The number of ether oxygens (including phenoxy) is 1. The average molecular weight is 488 g/mol. The molecule has 0 saturated carbocycles. The minimum atomic E-state index is -0.176. The Labute approximate surface area is 208 Å². The number of aromatic nitrogens is 2. The van der Waals surface area contributed by atoms with E-state index in [2.05, 4.69) is 31.1 Å². The van der Waals surface area contributed by atoms with Crippen LogP contribution in [-0.2, 0) is 24.9 Å². The number of hydrogen-bond donors (Lipinski definition) is 1. The molecule has 180 valence electrons. The highest BCUT2D eigenvalue weighted by molar-refractivity contribution is 7.17. The van der Waals surface area contributed by atoms with E-state index in [4.69, 9.17) is 4.74 Å². The van der Waals surface area contributed by atoms with Gasteiger partial charge in [-0.3, -0.25) is 14.0 Å². The SMILES string of the molecule is CC(C)(C)c1ccc(C(=O)Nc2cccc(OCc3cc(=O)n4c5c(sc4n3)CCCC5)c2)cc1. The Morgan fingerprint density at radius 2 is 1.86 bits per heavy atom. The number of amides is 1. The summed E-state index contributed by atoms with van der Waals surface area (Å²) in [4.78, 5) is 32.2. The first-order valence-electron chi connectivity index (χ1n) is 12.0. The number of nitrogens with one attached hydrogen (secondary N) is 1. The molecule has 0 spiro atoms. The molecule has 0 unspecified atom stereocenters. The highest BCUT2D eigenvalue weighted by atomic mass is 32.1. The van der Waals surface area contributed by atoms with Crippen LogP contribution < -0.4 is 15.6 Å². The summed E-state index contributed by atoms with van der Waals surface area (Å²) in [5.74, 6) is 0.419. The van der Waals surface area contributed by atoms with Gasteiger partial charge in [0.1, 0.15) is 12.4 Å². The molecular formula is C28H29N3O3S. The van der Waals surface area contributed by atoms with Crippen LogP contribution in [0.3, 0.4) is 0 Å². The fraction of sp³-hybridized carbons (Fsp3) is 0.321. The molecule has 1 aliphatic carbocycles. The maximum absolute atomic E-state index is 12.8. The van der Waals surface area contributed by atoms with Gasteiger partial charge in [0.25, 0.3) is 11.5 Å². The lowest BCUT2D eigenvalue weighted by molar-refractivity contribution is 0.102. The zero-order chi connectivity index (χ0) is 24.6. The number of anilines is 1. The largest absolute Gasteiger partial charge is 0.487 e. The summed E-state index contributed by atoms with van der Waals surface area (Å²) in [6.45, 7) is 6.61. The fourth-order valence-corrected chi connectivity index (χ4v) is 5.59. The van der Waals surface area contributed by atoms with E-state index in [9.17, 15) is 9.59 Å². The summed E-state index contributed by atoms with van der Waals surface area (Å²) in [5, 5.41) is 2.93. The molecule has 2 aromatic carbocycles. The van der Waals surface area contributed by atoms with Crippen molar-refractivity contribution in [1.82, 2.24) is 9.38 Å². The van der Waals surface area contributed by atoms with Crippen LogP contribution in [0.4, 0.5) is 5.69 Å². The maximum Gasteiger partial charge on any atom is 0.259 e. The first-order valence-corrected chi connectivity index (χ1v) is 12.8. The van der Waals surface area contributed by atoms with E-state index in [1.807, 2.05) is 42.5 Å². The van der Waals surface area contributed by atoms with Crippen molar-refractivity contribution in [3.63, 3.8) is 0 Å². The molecule has 1 amide bonds. The van der Waals surface area contributed by atoms with E-state index in [1.165, 1.54) is 16.9 Å². The summed E-state index contributed by atoms with van der Waals surface area (Å²) in [5.41, 5.74) is 4.13. The highest BCUT2D eigenvalue weighted by Gasteiger charge is 2.19. The lowest BCUT2D eigenvalue weighted by Gasteiger charge is -2.19. The van der Waals surface area contributed by atoms with Crippen LogP contribution in [-0.4, -0.2) is 15.3 Å².